The van der Waals surface area contributed by atoms with E-state index in [-0.39, 0.29) is 36.3 Å². The van der Waals surface area contributed by atoms with Crippen LogP contribution < -0.4 is 0 Å². The van der Waals surface area contributed by atoms with E-state index in [9.17, 15) is 9.59 Å². The van der Waals surface area contributed by atoms with Gasteiger partial charge in [0.05, 0.1) is 0 Å². The topological polar surface area (TPSA) is 151 Å². The highest BCUT2D eigenvalue weighted by Gasteiger charge is 2.83. The van der Waals surface area contributed by atoms with Crippen LogP contribution in [0, 0.1) is 0 Å². The van der Waals surface area contributed by atoms with E-state index < -0.39 is 70.9 Å². The first kappa shape index (κ1) is 26.8. The van der Waals surface area contributed by atoms with E-state index in [0.29, 0.717) is 0 Å². The summed E-state index contributed by atoms with van der Waals surface area (Å²) in [4.78, 5) is 23.5. The Morgan fingerprint density at radius 2 is 0.471 bits per heavy atom. The van der Waals surface area contributed by atoms with Crippen molar-refractivity contribution in [3.05, 3.63) is 0 Å². The monoisotopic (exact) mass is 624 g/mol. The Balaban J connectivity index is 1.83. The zero-order valence-corrected chi connectivity index (χ0v) is 28.0. The molecular weight excluding hydrogens is 593 g/mol. The molecule has 0 saturated carbocycles. The molecule has 6 saturated heterocycles. The van der Waals surface area contributed by atoms with Crippen molar-refractivity contribution in [2.24, 2.45) is 0 Å². The highest BCUT2D eigenvalue weighted by molar-refractivity contribution is 7.01. The summed E-state index contributed by atoms with van der Waals surface area (Å²) in [5, 5.41) is 0. The van der Waals surface area contributed by atoms with Crippen LogP contribution in [0.4, 0.5) is 0 Å². The van der Waals surface area contributed by atoms with Crippen molar-refractivity contribution in [2.45, 2.75) is 77.8 Å². The van der Waals surface area contributed by atoms with Gasteiger partial charge in [0.15, 0.2) is 0 Å². The van der Waals surface area contributed by atoms with E-state index in [0.717, 1.165) is 0 Å². The molecule has 2 N–H and O–H groups in total. The molecule has 0 amide bonds. The first-order valence-electron chi connectivity index (χ1n) is 11.7. The minimum absolute atomic E-state index is 0.218. The molecule has 0 radical (unpaired) electrons. The van der Waals surface area contributed by atoms with Crippen LogP contribution in [0.5, 0.6) is 0 Å². The third-order valence-electron chi connectivity index (χ3n) is 6.17. The molecule has 0 aromatic carbocycles. The predicted molar refractivity (Wildman–Crippen MR) is 126 cm³/mol. The zero-order valence-electron chi connectivity index (χ0n) is 20.0. The molecule has 34 heavy (non-hydrogen) atoms. The van der Waals surface area contributed by atoms with Gasteiger partial charge < -0.3 is 59.0 Å². The summed E-state index contributed by atoms with van der Waals surface area (Å²) in [6, 6.07) is 1.31. The van der Waals surface area contributed by atoms with E-state index in [2.05, 4.69) is 0 Å². The third kappa shape index (κ3) is 4.13. The van der Waals surface area contributed by atoms with Gasteiger partial charge in [0.25, 0.3) is 0 Å². The van der Waals surface area contributed by atoms with Gasteiger partial charge in [-0.3, -0.25) is 0 Å². The number of rotatable bonds is 6. The maximum atomic E-state index is 11.8. The Morgan fingerprint density at radius 1 is 0.324 bits per heavy atom. The smallest absolute Gasteiger partial charge is 0.373 e. The molecule has 6 aliphatic rings. The van der Waals surface area contributed by atoms with Crippen molar-refractivity contribution in [3.8, 4) is 0 Å². The van der Waals surface area contributed by atoms with Crippen LogP contribution >= 0.6 is 0 Å². The van der Waals surface area contributed by atoms with E-state index in [1.165, 1.54) is 0 Å². The minimum atomic E-state index is -4.56. The van der Waals surface area contributed by atoms with Crippen LogP contribution in [0.15, 0.2) is 0 Å². The van der Waals surface area contributed by atoms with Gasteiger partial charge in [-0.15, -0.1) is 0 Å². The van der Waals surface area contributed by atoms with Gasteiger partial charge in [-0.1, -0.05) is 41.5 Å². The predicted octanol–water partition coefficient (Wildman–Crippen LogP) is 0.862. The average molecular weight is 625 g/mol. The molecular formula is C12H32O14Si8. The molecule has 0 aromatic rings. The Kier molecular flexibility index (Phi) is 6.56. The van der Waals surface area contributed by atoms with Gasteiger partial charge in [0, 0.05) is 36.3 Å². The third-order valence-corrected chi connectivity index (χ3v) is 40.0. The van der Waals surface area contributed by atoms with Crippen LogP contribution in [0.2, 0.25) is 36.3 Å². The Labute approximate surface area is 207 Å². The summed E-state index contributed by atoms with van der Waals surface area (Å²) >= 11 is 0. The molecule has 22 heteroatoms. The SMILES string of the molecule is CC[Si]12O[Si]3(O)O[Si]4(CC)O[Si](CC)(O[Si]5(O)O[Si](CC)(O1)O[Si](CC)(O3)O[Si](CC)(O5)O4)O2. The lowest BCUT2D eigenvalue weighted by molar-refractivity contribution is -0.0625. The minimum Gasteiger partial charge on any atom is -0.373 e. The zero-order chi connectivity index (χ0) is 24.7. The van der Waals surface area contributed by atoms with Gasteiger partial charge >= 0.3 is 70.9 Å². The number of hydrogen-bond donors (Lipinski definition) is 2. The van der Waals surface area contributed by atoms with Crippen molar-refractivity contribution >= 4 is 70.9 Å². The summed E-state index contributed by atoms with van der Waals surface area (Å²) in [6.07, 6.45) is 0. The van der Waals surface area contributed by atoms with E-state index in [1.54, 1.807) is 41.5 Å². The van der Waals surface area contributed by atoms with Gasteiger partial charge in [-0.25, -0.2) is 0 Å². The van der Waals surface area contributed by atoms with Crippen molar-refractivity contribution < 1.29 is 59.0 Å². The molecule has 196 valence electrons. The van der Waals surface area contributed by atoms with E-state index in [4.69, 9.17) is 49.4 Å². The fraction of sp³-hybridized carbons (Fsp3) is 1.00. The van der Waals surface area contributed by atoms with Crippen LogP contribution in [0.25, 0.3) is 0 Å². The largest absolute Gasteiger partial charge is 0.654 e. The summed E-state index contributed by atoms with van der Waals surface area (Å²) in [7, 11) is -32.2. The average Bonchev–Trinajstić information content (AvgIpc) is 2.73. The first-order chi connectivity index (χ1) is 15.8. The summed E-state index contributed by atoms with van der Waals surface area (Å²) in [6.45, 7) is 10.8. The van der Waals surface area contributed by atoms with E-state index in [1.807, 2.05) is 0 Å². The van der Waals surface area contributed by atoms with E-state index >= 15 is 0 Å². The highest BCUT2D eigenvalue weighted by atomic mass is 28.6. The lowest BCUT2D eigenvalue weighted by Crippen LogP contribution is -2.88. The second-order valence-corrected chi connectivity index (χ2v) is 32.8. The van der Waals surface area contributed by atoms with Crippen molar-refractivity contribution in [1.29, 1.82) is 0 Å². The summed E-state index contributed by atoms with van der Waals surface area (Å²) < 4.78 is 77.2. The lowest BCUT2D eigenvalue weighted by atomic mass is 11.0. The van der Waals surface area contributed by atoms with Gasteiger partial charge in [-0.05, 0) is 0 Å². The van der Waals surface area contributed by atoms with Crippen molar-refractivity contribution in [1.82, 2.24) is 0 Å². The second-order valence-electron chi connectivity index (χ2n) is 8.49. The molecule has 0 aliphatic carbocycles. The highest BCUT2D eigenvalue weighted by Crippen LogP contribution is 2.50. The molecule has 6 heterocycles. The van der Waals surface area contributed by atoms with Crippen LogP contribution in [0.3, 0.4) is 0 Å². The second kappa shape index (κ2) is 8.34. The van der Waals surface area contributed by atoms with Crippen molar-refractivity contribution in [2.75, 3.05) is 0 Å². The molecule has 6 aliphatic heterocycles. The Bertz CT molecular complexity index is 656. The molecule has 6 fully saturated rings. The lowest BCUT2D eigenvalue weighted by Gasteiger charge is -2.60. The standard InChI is InChI=1S/C12H32O14Si8/c1-7-27-15-28(8-2)17-30(10-4)19-32(12-6)20-31(11-5,25-33(13,21-27)24-30)18-29(9-3,16-27)23-34(14,22-28)26-32/h13-14H,7-12H2,1-6H3. The number of hydrogen-bond acceptors (Lipinski definition) is 14. The van der Waals surface area contributed by atoms with Crippen molar-refractivity contribution in [3.63, 3.8) is 0 Å². The van der Waals surface area contributed by atoms with Crippen LogP contribution in [0.1, 0.15) is 41.5 Å². The van der Waals surface area contributed by atoms with Crippen LogP contribution in [-0.4, -0.2) is 80.5 Å². The van der Waals surface area contributed by atoms with Gasteiger partial charge in [0.2, 0.25) is 0 Å². The van der Waals surface area contributed by atoms with Gasteiger partial charge in [-0.2, -0.15) is 0 Å². The fourth-order valence-corrected chi connectivity index (χ4v) is 48.6. The molecule has 0 aromatic heterocycles. The molecule has 14 nitrogen and oxygen atoms in total. The quantitative estimate of drug-likeness (QED) is 0.402. The molecule has 0 spiro atoms. The Hall–Kier alpha value is 1.18. The normalized spacial score (nSPS) is 56.5. The Morgan fingerprint density at radius 3 is 0.588 bits per heavy atom. The fourth-order valence-electron chi connectivity index (χ4n) is 4.40. The molecule has 0 atom stereocenters. The molecule has 6 rings (SSSR count). The summed E-state index contributed by atoms with van der Waals surface area (Å²) in [5.41, 5.74) is 0. The maximum absolute atomic E-state index is 11.8. The maximum Gasteiger partial charge on any atom is 0.654 e. The first-order valence-corrected chi connectivity index (χ1v) is 26.6. The van der Waals surface area contributed by atoms with Crippen LogP contribution in [-0.2, 0) is 49.4 Å². The van der Waals surface area contributed by atoms with Gasteiger partial charge in [0.1, 0.15) is 0 Å². The molecule has 8 bridgehead atoms. The molecule has 0 unspecified atom stereocenters. The summed E-state index contributed by atoms with van der Waals surface area (Å²) in [5.74, 6) is 0.